The monoisotopic (exact) mass is 513 g/mol. The van der Waals surface area contributed by atoms with Gasteiger partial charge in [0.2, 0.25) is 10.0 Å². The molecule has 0 radical (unpaired) electrons. The highest BCUT2D eigenvalue weighted by atomic mass is 35.5. The summed E-state index contributed by atoms with van der Waals surface area (Å²) >= 11 is 6.05. The number of halogens is 1. The number of ether oxygens (including phenoxy) is 1. The Bertz CT molecular complexity index is 1420. The standard InChI is InChI=1S/C26H28ClN3O4S/c1-17-21-10-9-20(15-23(21)29-26(17)18-6-4-3-5-7-18)34-13-12-28-16-25(31)19-8-11-22(27)24(14-19)30-35(2,32)33/h3-11,14-15,25,28-31H,12-13,16H2,1-2H3. The Hall–Kier alpha value is -3.04. The van der Waals surface area contributed by atoms with Gasteiger partial charge in [-0.1, -0.05) is 48.0 Å². The number of aliphatic hydroxyl groups excluding tert-OH is 1. The number of benzene rings is 3. The number of rotatable bonds is 10. The molecule has 9 heteroatoms. The lowest BCUT2D eigenvalue weighted by Crippen LogP contribution is -2.26. The maximum atomic E-state index is 11.5. The average molecular weight is 514 g/mol. The predicted molar refractivity (Wildman–Crippen MR) is 142 cm³/mol. The van der Waals surface area contributed by atoms with E-state index in [2.05, 4.69) is 40.1 Å². The summed E-state index contributed by atoms with van der Waals surface area (Å²) in [5.74, 6) is 0.759. The molecule has 4 N–H and O–H groups in total. The van der Waals surface area contributed by atoms with Crippen LogP contribution in [-0.2, 0) is 10.0 Å². The second-order valence-electron chi connectivity index (χ2n) is 8.38. The van der Waals surface area contributed by atoms with Gasteiger partial charge in [-0.05, 0) is 47.9 Å². The summed E-state index contributed by atoms with van der Waals surface area (Å²) in [4.78, 5) is 3.50. The van der Waals surface area contributed by atoms with E-state index in [0.29, 0.717) is 18.7 Å². The van der Waals surface area contributed by atoms with E-state index in [1.807, 2.05) is 30.3 Å². The third kappa shape index (κ3) is 6.35. The fourth-order valence-electron chi connectivity index (χ4n) is 3.93. The van der Waals surface area contributed by atoms with Gasteiger partial charge in [-0.25, -0.2) is 8.42 Å². The first kappa shape index (κ1) is 25.1. The molecule has 0 amide bonds. The van der Waals surface area contributed by atoms with Crippen LogP contribution < -0.4 is 14.8 Å². The predicted octanol–water partition coefficient (Wildman–Crippen LogP) is 4.87. The first-order valence-corrected chi connectivity index (χ1v) is 13.4. The first-order chi connectivity index (χ1) is 16.7. The van der Waals surface area contributed by atoms with Gasteiger partial charge in [-0.15, -0.1) is 0 Å². The van der Waals surface area contributed by atoms with Crippen LogP contribution in [0.2, 0.25) is 5.02 Å². The van der Waals surface area contributed by atoms with Crippen molar-refractivity contribution < 1.29 is 18.3 Å². The van der Waals surface area contributed by atoms with E-state index in [1.54, 1.807) is 12.1 Å². The van der Waals surface area contributed by atoms with Crippen LogP contribution in [0.15, 0.2) is 66.7 Å². The topological polar surface area (TPSA) is 103 Å². The van der Waals surface area contributed by atoms with Crippen molar-refractivity contribution in [2.75, 3.05) is 30.7 Å². The number of hydrogen-bond acceptors (Lipinski definition) is 5. The van der Waals surface area contributed by atoms with Crippen LogP contribution in [-0.4, -0.2) is 44.5 Å². The molecule has 7 nitrogen and oxygen atoms in total. The lowest BCUT2D eigenvalue weighted by atomic mass is 10.1. The largest absolute Gasteiger partial charge is 0.492 e. The van der Waals surface area contributed by atoms with Crippen molar-refractivity contribution in [1.82, 2.24) is 10.3 Å². The van der Waals surface area contributed by atoms with Crippen LogP contribution >= 0.6 is 11.6 Å². The maximum Gasteiger partial charge on any atom is 0.229 e. The number of sulfonamides is 1. The van der Waals surface area contributed by atoms with E-state index in [4.69, 9.17) is 16.3 Å². The van der Waals surface area contributed by atoms with Gasteiger partial charge < -0.3 is 20.1 Å². The molecule has 1 aromatic heterocycles. The maximum absolute atomic E-state index is 11.5. The van der Waals surface area contributed by atoms with Crippen molar-refractivity contribution in [3.8, 4) is 17.0 Å². The highest BCUT2D eigenvalue weighted by molar-refractivity contribution is 7.92. The fourth-order valence-corrected chi connectivity index (χ4v) is 4.72. The van der Waals surface area contributed by atoms with E-state index in [0.717, 1.165) is 34.2 Å². The smallest absolute Gasteiger partial charge is 0.229 e. The number of aromatic amines is 1. The molecule has 4 aromatic rings. The van der Waals surface area contributed by atoms with E-state index in [-0.39, 0.29) is 17.3 Å². The van der Waals surface area contributed by atoms with Gasteiger partial charge in [0.15, 0.2) is 0 Å². The van der Waals surface area contributed by atoms with Crippen LogP contribution in [0.4, 0.5) is 5.69 Å². The number of nitrogens with one attached hydrogen (secondary N) is 3. The Morgan fingerprint density at radius 1 is 1.09 bits per heavy atom. The summed E-state index contributed by atoms with van der Waals surface area (Å²) in [6.45, 7) is 3.33. The number of fused-ring (bicyclic) bond motifs is 1. The van der Waals surface area contributed by atoms with Gasteiger partial charge >= 0.3 is 0 Å². The molecule has 0 saturated carbocycles. The van der Waals surface area contributed by atoms with Gasteiger partial charge in [0.05, 0.1) is 23.1 Å². The lowest BCUT2D eigenvalue weighted by Gasteiger charge is -2.15. The Balaban J connectivity index is 1.30. The van der Waals surface area contributed by atoms with Crippen molar-refractivity contribution in [2.24, 2.45) is 0 Å². The Morgan fingerprint density at radius 3 is 2.60 bits per heavy atom. The molecule has 1 atom stereocenters. The molecule has 184 valence electrons. The molecule has 3 aromatic carbocycles. The molecule has 0 fully saturated rings. The average Bonchev–Trinajstić information content (AvgIpc) is 3.15. The molecule has 0 aliphatic heterocycles. The normalized spacial score (nSPS) is 12.6. The molecular formula is C26H28ClN3O4S. The highest BCUT2D eigenvalue weighted by Gasteiger charge is 2.13. The van der Waals surface area contributed by atoms with Crippen LogP contribution in [0.5, 0.6) is 5.75 Å². The molecule has 0 spiro atoms. The Kier molecular flexibility index (Phi) is 7.66. The number of aromatic nitrogens is 1. The Morgan fingerprint density at radius 2 is 1.86 bits per heavy atom. The summed E-state index contributed by atoms with van der Waals surface area (Å²) in [7, 11) is -3.47. The zero-order valence-corrected chi connectivity index (χ0v) is 21.1. The molecule has 4 rings (SSSR count). The van der Waals surface area contributed by atoms with E-state index in [9.17, 15) is 13.5 Å². The van der Waals surface area contributed by atoms with Crippen LogP contribution in [0.3, 0.4) is 0 Å². The minimum Gasteiger partial charge on any atom is -0.492 e. The van der Waals surface area contributed by atoms with E-state index in [1.165, 1.54) is 11.6 Å². The third-order valence-corrected chi connectivity index (χ3v) is 6.57. The second kappa shape index (κ2) is 10.7. The summed E-state index contributed by atoms with van der Waals surface area (Å²) in [5.41, 5.74) is 5.25. The molecule has 35 heavy (non-hydrogen) atoms. The van der Waals surface area contributed by atoms with Gasteiger partial charge in [0, 0.05) is 35.8 Å². The highest BCUT2D eigenvalue weighted by Crippen LogP contribution is 2.31. The van der Waals surface area contributed by atoms with Crippen molar-refractivity contribution in [2.45, 2.75) is 13.0 Å². The third-order valence-electron chi connectivity index (χ3n) is 5.65. The summed E-state index contributed by atoms with van der Waals surface area (Å²) in [5, 5.41) is 15.0. The summed E-state index contributed by atoms with van der Waals surface area (Å²) < 4.78 is 31.2. The first-order valence-electron chi connectivity index (χ1n) is 11.2. The zero-order chi connectivity index (χ0) is 25.0. The number of aliphatic hydroxyl groups is 1. The lowest BCUT2D eigenvalue weighted by molar-refractivity contribution is 0.172. The quantitative estimate of drug-likeness (QED) is 0.226. The molecule has 0 bridgehead atoms. The van der Waals surface area contributed by atoms with Gasteiger partial charge in [0.25, 0.3) is 0 Å². The Labute approximate surface area is 210 Å². The van der Waals surface area contributed by atoms with E-state index < -0.39 is 16.1 Å². The van der Waals surface area contributed by atoms with Gasteiger partial charge in [0.1, 0.15) is 12.4 Å². The van der Waals surface area contributed by atoms with E-state index >= 15 is 0 Å². The zero-order valence-electron chi connectivity index (χ0n) is 19.5. The fraction of sp³-hybridized carbons (Fsp3) is 0.231. The minimum absolute atomic E-state index is 0.236. The number of aryl methyl sites for hydroxylation is 1. The van der Waals surface area contributed by atoms with Gasteiger partial charge in [-0.2, -0.15) is 0 Å². The summed E-state index contributed by atoms with van der Waals surface area (Å²) in [6.07, 6.45) is 0.215. The van der Waals surface area contributed by atoms with Crippen molar-refractivity contribution in [3.63, 3.8) is 0 Å². The molecule has 1 heterocycles. The van der Waals surface area contributed by atoms with Crippen LogP contribution in [0.1, 0.15) is 17.2 Å². The van der Waals surface area contributed by atoms with Crippen molar-refractivity contribution >= 4 is 38.2 Å². The number of hydrogen-bond donors (Lipinski definition) is 4. The minimum atomic E-state index is -3.47. The van der Waals surface area contributed by atoms with Crippen LogP contribution in [0, 0.1) is 6.92 Å². The van der Waals surface area contributed by atoms with Crippen molar-refractivity contribution in [1.29, 1.82) is 0 Å². The second-order valence-corrected chi connectivity index (χ2v) is 10.5. The van der Waals surface area contributed by atoms with Crippen LogP contribution in [0.25, 0.3) is 22.2 Å². The molecular weight excluding hydrogens is 486 g/mol. The number of anilines is 1. The molecule has 0 aliphatic carbocycles. The molecule has 1 unspecified atom stereocenters. The molecule has 0 aliphatic rings. The SMILES string of the molecule is Cc1c(-c2ccccc2)[nH]c2cc(OCCNCC(O)c3ccc(Cl)c(NS(C)(=O)=O)c3)ccc12. The molecule has 0 saturated heterocycles. The number of H-pyrrole nitrogens is 1. The van der Waals surface area contributed by atoms with Crippen molar-refractivity contribution in [3.05, 3.63) is 82.9 Å². The summed E-state index contributed by atoms with van der Waals surface area (Å²) in [6, 6.07) is 21.0. The van der Waals surface area contributed by atoms with Gasteiger partial charge in [-0.3, -0.25) is 4.72 Å².